The van der Waals surface area contributed by atoms with Crippen molar-refractivity contribution in [3.8, 4) is 35.5 Å². The maximum absolute atomic E-state index is 3.41. The zero-order valence-electron chi connectivity index (χ0n) is 14.7. The summed E-state index contributed by atoms with van der Waals surface area (Å²) in [4.78, 5) is 0. The molecule has 3 rings (SSSR count). The van der Waals surface area contributed by atoms with Crippen LogP contribution in [0.3, 0.4) is 0 Å². The number of hydrogen-bond acceptors (Lipinski definition) is 0. The third-order valence-electron chi connectivity index (χ3n) is 5.37. The highest BCUT2D eigenvalue weighted by Crippen LogP contribution is 2.35. The lowest BCUT2D eigenvalue weighted by molar-refractivity contribution is 0.479. The van der Waals surface area contributed by atoms with Gasteiger partial charge in [0.25, 0.3) is 0 Å². The van der Waals surface area contributed by atoms with Crippen LogP contribution in [0.2, 0.25) is 0 Å². The molecule has 3 aliphatic rings. The molecule has 0 spiro atoms. The van der Waals surface area contributed by atoms with Crippen LogP contribution in [0, 0.1) is 53.3 Å². The Labute approximate surface area is 141 Å². The Kier molecular flexibility index (Phi) is 4.99. The third kappa shape index (κ3) is 3.74. The predicted molar refractivity (Wildman–Crippen MR) is 97.2 cm³/mol. The first kappa shape index (κ1) is 16.0. The average molecular weight is 302 g/mol. The van der Waals surface area contributed by atoms with E-state index >= 15 is 0 Å². The topological polar surface area (TPSA) is 0 Å². The molecule has 0 heterocycles. The van der Waals surface area contributed by atoms with Gasteiger partial charge in [0.15, 0.2) is 0 Å². The van der Waals surface area contributed by atoms with Gasteiger partial charge in [-0.3, -0.25) is 0 Å². The summed E-state index contributed by atoms with van der Waals surface area (Å²) < 4.78 is 0. The van der Waals surface area contributed by atoms with E-state index in [0.29, 0.717) is 17.8 Å². The molecule has 0 nitrogen and oxygen atoms in total. The van der Waals surface area contributed by atoms with Crippen LogP contribution in [0.5, 0.6) is 0 Å². The molecule has 0 aromatic rings. The number of rotatable bonds is 0. The van der Waals surface area contributed by atoms with Crippen molar-refractivity contribution in [3.05, 3.63) is 22.3 Å². The zero-order valence-corrected chi connectivity index (χ0v) is 14.7. The van der Waals surface area contributed by atoms with Crippen molar-refractivity contribution in [2.24, 2.45) is 17.8 Å². The monoisotopic (exact) mass is 302 g/mol. The minimum atomic E-state index is 0.531. The Balaban J connectivity index is 2.07. The summed E-state index contributed by atoms with van der Waals surface area (Å²) in [6.45, 7) is 7.07. The highest BCUT2D eigenvalue weighted by molar-refractivity contribution is 5.58. The summed E-state index contributed by atoms with van der Waals surface area (Å²) >= 11 is 0. The van der Waals surface area contributed by atoms with Crippen LogP contribution in [0.1, 0.15) is 65.7 Å². The van der Waals surface area contributed by atoms with Gasteiger partial charge in [0.1, 0.15) is 0 Å². The first-order valence-electron chi connectivity index (χ1n) is 9.11. The smallest absolute Gasteiger partial charge is 0.0742 e. The maximum Gasteiger partial charge on any atom is 0.0742 e. The molecule has 0 bridgehead atoms. The van der Waals surface area contributed by atoms with Gasteiger partial charge in [0, 0.05) is 12.8 Å². The van der Waals surface area contributed by atoms with E-state index in [2.05, 4.69) is 56.3 Å². The fraction of sp³-hybridized carbons (Fsp3) is 0.565. The van der Waals surface area contributed by atoms with Crippen LogP contribution in [0.25, 0.3) is 0 Å². The lowest BCUT2D eigenvalue weighted by Gasteiger charge is -2.26. The average Bonchev–Trinajstić information content (AvgIpc) is 2.50. The van der Waals surface area contributed by atoms with Crippen molar-refractivity contribution in [3.63, 3.8) is 0 Å². The van der Waals surface area contributed by atoms with E-state index in [-0.39, 0.29) is 0 Å². The minimum absolute atomic E-state index is 0.531. The first-order valence-corrected chi connectivity index (χ1v) is 9.11. The predicted octanol–water partition coefficient (Wildman–Crippen LogP) is 5.27. The van der Waals surface area contributed by atoms with E-state index in [1.54, 1.807) is 0 Å². The van der Waals surface area contributed by atoms with Gasteiger partial charge in [0.2, 0.25) is 0 Å². The molecule has 0 radical (unpaired) electrons. The molecular formula is C23H26. The van der Waals surface area contributed by atoms with Crippen molar-refractivity contribution >= 4 is 0 Å². The van der Waals surface area contributed by atoms with Crippen molar-refractivity contribution in [2.75, 3.05) is 0 Å². The van der Waals surface area contributed by atoms with Gasteiger partial charge in [-0.15, -0.1) is 0 Å². The lowest BCUT2D eigenvalue weighted by atomic mass is 9.77. The number of allylic oxidation sites excluding steroid dienone is 4. The van der Waals surface area contributed by atoms with Crippen molar-refractivity contribution in [1.29, 1.82) is 0 Å². The molecule has 0 amide bonds. The Hall–Kier alpha value is -1.84. The normalized spacial score (nSPS) is 30.1. The van der Waals surface area contributed by atoms with Gasteiger partial charge in [-0.1, -0.05) is 56.3 Å². The second-order valence-corrected chi connectivity index (χ2v) is 7.40. The SMILES string of the molecule is CC1CCC#CC2=C(C1)C(C)CC1=C(C#CCCCC1C)C#C2. The number of hydrogen-bond donors (Lipinski definition) is 0. The van der Waals surface area contributed by atoms with E-state index in [4.69, 9.17) is 0 Å². The Morgan fingerprint density at radius 1 is 0.696 bits per heavy atom. The van der Waals surface area contributed by atoms with Crippen molar-refractivity contribution in [2.45, 2.75) is 65.7 Å². The van der Waals surface area contributed by atoms with Gasteiger partial charge >= 0.3 is 0 Å². The molecule has 0 saturated carbocycles. The van der Waals surface area contributed by atoms with E-state index in [9.17, 15) is 0 Å². The van der Waals surface area contributed by atoms with Gasteiger partial charge in [0.05, 0.1) is 11.1 Å². The summed E-state index contributed by atoms with van der Waals surface area (Å²) in [5.74, 6) is 22.0. The molecule has 0 heteroatoms. The summed E-state index contributed by atoms with van der Waals surface area (Å²) in [5.41, 5.74) is 5.16. The lowest BCUT2D eigenvalue weighted by Crippen LogP contribution is -2.14. The Morgan fingerprint density at radius 3 is 2.09 bits per heavy atom. The second kappa shape index (κ2) is 7.16. The van der Waals surface area contributed by atoms with Gasteiger partial charge in [-0.2, -0.15) is 0 Å². The van der Waals surface area contributed by atoms with Crippen LogP contribution in [-0.4, -0.2) is 0 Å². The van der Waals surface area contributed by atoms with Crippen LogP contribution in [0.4, 0.5) is 0 Å². The molecule has 0 saturated heterocycles. The fourth-order valence-corrected chi connectivity index (χ4v) is 3.83. The molecule has 0 aromatic heterocycles. The maximum atomic E-state index is 3.41. The minimum Gasteiger partial charge on any atom is -0.0972 e. The zero-order chi connectivity index (χ0) is 16.2. The quantitative estimate of drug-likeness (QED) is 0.535. The third-order valence-corrected chi connectivity index (χ3v) is 5.37. The van der Waals surface area contributed by atoms with E-state index in [1.807, 2.05) is 0 Å². The molecule has 0 aromatic carbocycles. The fourth-order valence-electron chi connectivity index (χ4n) is 3.83. The first-order chi connectivity index (χ1) is 11.1. The van der Waals surface area contributed by atoms with Gasteiger partial charge in [-0.05, 0) is 61.0 Å². The second-order valence-electron chi connectivity index (χ2n) is 7.40. The molecule has 0 fully saturated rings. The molecule has 3 atom stereocenters. The van der Waals surface area contributed by atoms with Crippen molar-refractivity contribution < 1.29 is 0 Å². The molecule has 3 unspecified atom stereocenters. The molecule has 23 heavy (non-hydrogen) atoms. The standard InChI is InChI=1S/C23H26/c1-17-9-7-8-12-20-13-14-21-11-6-4-5-10-18(2)23(21)16-19(3)22(20)15-17/h17-19H,4-5,7,9-10,15-16H2,1-3H3. The molecule has 0 N–H and O–H groups in total. The van der Waals surface area contributed by atoms with E-state index in [0.717, 1.165) is 36.8 Å². The summed E-state index contributed by atoms with van der Waals surface area (Å²) in [7, 11) is 0. The van der Waals surface area contributed by atoms with E-state index < -0.39 is 0 Å². The summed E-state index contributed by atoms with van der Waals surface area (Å²) in [6.07, 6.45) is 7.92. The summed E-state index contributed by atoms with van der Waals surface area (Å²) in [5, 5.41) is 0. The Bertz CT molecular complexity index is 724. The molecule has 3 aliphatic carbocycles. The van der Waals surface area contributed by atoms with Crippen LogP contribution >= 0.6 is 0 Å². The van der Waals surface area contributed by atoms with E-state index in [1.165, 1.54) is 30.4 Å². The largest absolute Gasteiger partial charge is 0.0972 e. The highest BCUT2D eigenvalue weighted by atomic mass is 14.3. The molecular weight excluding hydrogens is 276 g/mol. The Morgan fingerprint density at radius 2 is 1.35 bits per heavy atom. The van der Waals surface area contributed by atoms with Crippen molar-refractivity contribution in [1.82, 2.24) is 0 Å². The van der Waals surface area contributed by atoms with Crippen LogP contribution in [0.15, 0.2) is 22.3 Å². The van der Waals surface area contributed by atoms with Crippen LogP contribution < -0.4 is 0 Å². The highest BCUT2D eigenvalue weighted by Gasteiger charge is 2.23. The van der Waals surface area contributed by atoms with Gasteiger partial charge < -0.3 is 0 Å². The molecule has 118 valence electrons. The van der Waals surface area contributed by atoms with Crippen LogP contribution in [-0.2, 0) is 0 Å². The summed E-state index contributed by atoms with van der Waals surface area (Å²) in [6, 6.07) is 0. The van der Waals surface area contributed by atoms with Gasteiger partial charge in [-0.25, -0.2) is 0 Å². The molecule has 0 aliphatic heterocycles.